The van der Waals surface area contributed by atoms with E-state index < -0.39 is 40.8 Å². The van der Waals surface area contributed by atoms with Crippen LogP contribution in [0.3, 0.4) is 0 Å². The first-order chi connectivity index (χ1) is 13.5. The number of carbonyl (C=O) groups is 1. The van der Waals surface area contributed by atoms with Crippen molar-refractivity contribution in [1.29, 1.82) is 0 Å². The second kappa shape index (κ2) is 9.09. The van der Waals surface area contributed by atoms with Crippen molar-refractivity contribution >= 4 is 21.9 Å². The number of aromatic nitrogens is 2. The monoisotopic (exact) mass is 476 g/mol. The number of rotatable bonds is 9. The van der Waals surface area contributed by atoms with Crippen LogP contribution in [-0.4, -0.2) is 64.6 Å². The zero-order valence-electron chi connectivity index (χ0n) is 17.1. The van der Waals surface area contributed by atoms with Crippen molar-refractivity contribution in [1.82, 2.24) is 20.2 Å². The van der Waals surface area contributed by atoms with Gasteiger partial charge >= 0.3 is 11.7 Å². The molecule has 11 heteroatoms. The molecule has 1 aromatic rings. The Morgan fingerprint density at radius 2 is 2.00 bits per heavy atom. The highest BCUT2D eigenvalue weighted by Gasteiger charge is 2.62. The van der Waals surface area contributed by atoms with Crippen LogP contribution in [0.2, 0.25) is 0 Å². The van der Waals surface area contributed by atoms with Gasteiger partial charge in [-0.2, -0.15) is 0 Å². The van der Waals surface area contributed by atoms with Gasteiger partial charge in [-0.15, -0.1) is 0 Å². The quantitative estimate of drug-likeness (QED) is 0.280. The molecular weight excluding hydrogens is 448 g/mol. The Morgan fingerprint density at radius 3 is 2.62 bits per heavy atom. The molecule has 1 aromatic heterocycles. The Labute approximate surface area is 177 Å². The highest BCUT2D eigenvalue weighted by atomic mass is 79.9. The van der Waals surface area contributed by atoms with Crippen LogP contribution in [0.4, 0.5) is 0 Å². The summed E-state index contributed by atoms with van der Waals surface area (Å²) >= 11 is 3.11. The number of carbonyl (C=O) groups excluding carboxylic acids is 1. The number of aliphatic hydroxyl groups excluding tert-OH is 1. The van der Waals surface area contributed by atoms with Crippen LogP contribution in [0, 0.1) is 0 Å². The van der Waals surface area contributed by atoms with Gasteiger partial charge in [-0.25, -0.2) is 4.79 Å². The largest absolute Gasteiger partial charge is 0.455 e. The van der Waals surface area contributed by atoms with Gasteiger partial charge in [0.05, 0.1) is 17.6 Å². The average molecular weight is 477 g/mol. The summed E-state index contributed by atoms with van der Waals surface area (Å²) < 4.78 is 13.2. The summed E-state index contributed by atoms with van der Waals surface area (Å²) in [6.07, 6.45) is 1.42. The molecule has 0 radical (unpaired) electrons. The number of hydrogen-bond donors (Lipinski definition) is 4. The van der Waals surface area contributed by atoms with E-state index >= 15 is 0 Å². The molecule has 4 N–H and O–H groups in total. The second-order valence-corrected chi connectivity index (χ2v) is 8.54. The fraction of sp³-hybridized carbons (Fsp3) is 0.722. The van der Waals surface area contributed by atoms with E-state index in [-0.39, 0.29) is 17.4 Å². The molecule has 0 spiro atoms. The summed E-state index contributed by atoms with van der Waals surface area (Å²) in [5.41, 5.74) is -4.95. The van der Waals surface area contributed by atoms with Crippen molar-refractivity contribution in [2.45, 2.75) is 51.0 Å². The molecule has 2 rings (SSSR count). The number of ether oxygens (including phenoxy) is 2. The highest BCUT2D eigenvalue weighted by molar-refractivity contribution is 9.10. The highest BCUT2D eigenvalue weighted by Crippen LogP contribution is 2.49. The average Bonchev–Trinajstić information content (AvgIpc) is 2.84. The van der Waals surface area contributed by atoms with E-state index in [0.29, 0.717) is 6.54 Å². The molecule has 1 fully saturated rings. The molecule has 29 heavy (non-hydrogen) atoms. The van der Waals surface area contributed by atoms with Gasteiger partial charge in [-0.3, -0.25) is 19.1 Å². The number of halogens is 1. The Kier molecular flexibility index (Phi) is 7.44. The van der Waals surface area contributed by atoms with Crippen LogP contribution in [0.5, 0.6) is 0 Å². The van der Waals surface area contributed by atoms with Crippen LogP contribution in [-0.2, 0) is 20.0 Å². The molecular formula is C18H29BrN4O6. The van der Waals surface area contributed by atoms with Crippen LogP contribution >= 0.6 is 15.9 Å². The van der Waals surface area contributed by atoms with Crippen molar-refractivity contribution in [2.75, 3.05) is 32.8 Å². The summed E-state index contributed by atoms with van der Waals surface area (Å²) in [7, 11) is 0. The van der Waals surface area contributed by atoms with Crippen molar-refractivity contribution in [2.24, 2.45) is 0 Å². The molecule has 0 unspecified atom stereocenters. The number of aromatic amines is 1. The van der Waals surface area contributed by atoms with Crippen LogP contribution < -0.4 is 21.9 Å². The number of likely N-dealkylation sites (N-methyl/N-ethyl adjacent to an activating group) is 1. The van der Waals surface area contributed by atoms with Gasteiger partial charge in [-0.05, 0) is 43.2 Å². The van der Waals surface area contributed by atoms with Crippen molar-refractivity contribution in [3.05, 3.63) is 31.5 Å². The van der Waals surface area contributed by atoms with Gasteiger partial charge in [0.25, 0.3) is 5.56 Å². The topological polar surface area (TPSA) is 135 Å². The van der Waals surface area contributed by atoms with Crippen molar-refractivity contribution < 1.29 is 19.4 Å². The van der Waals surface area contributed by atoms with Gasteiger partial charge in [-0.1, -0.05) is 6.92 Å². The smallest absolute Gasteiger partial charge is 0.330 e. The molecule has 1 aliphatic rings. The molecule has 10 nitrogen and oxygen atoms in total. The minimum Gasteiger partial charge on any atom is -0.455 e. The zero-order valence-corrected chi connectivity index (χ0v) is 18.7. The lowest BCUT2D eigenvalue weighted by atomic mass is 9.84. The Morgan fingerprint density at radius 1 is 1.34 bits per heavy atom. The fourth-order valence-corrected chi connectivity index (χ4v) is 3.85. The third-order valence-electron chi connectivity index (χ3n) is 5.28. The predicted octanol–water partition coefficient (Wildman–Crippen LogP) is -0.356. The van der Waals surface area contributed by atoms with E-state index in [2.05, 4.69) is 31.5 Å². The molecule has 0 aromatic carbocycles. The molecule has 0 aliphatic carbocycles. The fourth-order valence-electron chi connectivity index (χ4n) is 3.55. The minimum absolute atomic E-state index is 0.00333. The zero-order chi connectivity index (χ0) is 21.9. The van der Waals surface area contributed by atoms with E-state index in [4.69, 9.17) is 9.47 Å². The lowest BCUT2D eigenvalue weighted by Crippen LogP contribution is -2.53. The van der Waals surface area contributed by atoms with Gasteiger partial charge in [0.1, 0.15) is 11.2 Å². The molecule has 0 amide bonds. The van der Waals surface area contributed by atoms with Crippen molar-refractivity contribution in [3.8, 4) is 0 Å². The number of hydrogen-bond acceptors (Lipinski definition) is 8. The number of H-pyrrole nitrogens is 1. The van der Waals surface area contributed by atoms with E-state index in [9.17, 15) is 19.5 Å². The molecule has 1 saturated heterocycles. The Balaban J connectivity index is 2.22. The predicted molar refractivity (Wildman–Crippen MR) is 110 cm³/mol. The van der Waals surface area contributed by atoms with E-state index in [1.165, 1.54) is 10.8 Å². The summed E-state index contributed by atoms with van der Waals surface area (Å²) in [6, 6.07) is 0. The maximum Gasteiger partial charge on any atom is 0.330 e. The van der Waals surface area contributed by atoms with E-state index in [1.54, 1.807) is 20.8 Å². The Hall–Kier alpha value is -1.53. The molecule has 3 atom stereocenters. The first-order valence-corrected chi connectivity index (χ1v) is 10.3. The van der Waals surface area contributed by atoms with Crippen molar-refractivity contribution in [3.63, 3.8) is 0 Å². The van der Waals surface area contributed by atoms with Gasteiger partial charge in [0.15, 0.2) is 5.72 Å². The summed E-state index contributed by atoms with van der Waals surface area (Å²) in [5, 5.41) is 16.1. The number of aliphatic hydroxyl groups is 1. The summed E-state index contributed by atoms with van der Waals surface area (Å²) in [6.45, 7) is 8.66. The third-order valence-corrected chi connectivity index (χ3v) is 5.84. The molecule has 1 aliphatic heterocycles. The van der Waals surface area contributed by atoms with Gasteiger partial charge < -0.3 is 25.2 Å². The molecule has 2 heterocycles. The van der Waals surface area contributed by atoms with E-state index in [0.717, 1.165) is 13.1 Å². The van der Waals surface area contributed by atoms with Crippen LogP contribution in [0.25, 0.3) is 0 Å². The first-order valence-electron chi connectivity index (χ1n) is 9.46. The van der Waals surface area contributed by atoms with Gasteiger partial charge in [0, 0.05) is 25.7 Å². The van der Waals surface area contributed by atoms with Crippen LogP contribution in [0.15, 0.2) is 20.3 Å². The minimum atomic E-state index is -1.26. The normalized spacial score (nSPS) is 29.2. The first kappa shape index (κ1) is 23.7. The number of esters is 1. The molecule has 0 saturated carbocycles. The van der Waals surface area contributed by atoms with E-state index in [1.807, 2.05) is 6.92 Å². The summed E-state index contributed by atoms with van der Waals surface area (Å²) in [5.74, 6) is -0.494. The standard InChI is InChI=1S/C18H29BrN4O6/c1-5-20-6-7-21-8-13(25)28-16(2)10-18(4,29-17(16,3)11-24)23-9-12(19)14(26)22-15(23)27/h9,20-21,24H,5-8,10-11H2,1-4H3,(H,22,26,27)/t16-,17+,18+/m0/s1. The maximum atomic E-state index is 12.4. The SMILES string of the molecule is CCNCCNCC(=O)O[C@@]1(C)C[C@](C)(n2cc(Br)c(=O)[nH]c2=O)O[C@]1(C)CO. The molecule has 164 valence electrons. The number of nitrogens with zero attached hydrogens (tertiary/aromatic N) is 1. The lowest BCUT2D eigenvalue weighted by Gasteiger charge is -2.37. The Bertz CT molecular complexity index is 857. The second-order valence-electron chi connectivity index (χ2n) is 7.68. The lowest BCUT2D eigenvalue weighted by molar-refractivity contribution is -0.197. The maximum absolute atomic E-state index is 12.4. The van der Waals surface area contributed by atoms with Gasteiger partial charge in [0.2, 0.25) is 0 Å². The third kappa shape index (κ3) is 4.97. The number of nitrogens with one attached hydrogen (secondary N) is 3. The summed E-state index contributed by atoms with van der Waals surface area (Å²) in [4.78, 5) is 38.6. The van der Waals surface area contributed by atoms with Crippen LogP contribution in [0.1, 0.15) is 34.1 Å². The molecule has 0 bridgehead atoms.